The molecule has 0 aliphatic carbocycles. The van der Waals surface area contributed by atoms with Gasteiger partial charge in [-0.25, -0.2) is 0 Å². The quantitative estimate of drug-likeness (QED) is 0.814. The Labute approximate surface area is 105 Å². The van der Waals surface area contributed by atoms with Gasteiger partial charge < -0.3 is 10.2 Å². The van der Waals surface area contributed by atoms with Gasteiger partial charge in [-0.1, -0.05) is 11.6 Å². The van der Waals surface area contributed by atoms with Gasteiger partial charge in [-0.05, 0) is 25.1 Å². The lowest BCUT2D eigenvalue weighted by molar-refractivity contribution is 0.724. The Balaban J connectivity index is 2.05. The first-order chi connectivity index (χ1) is 8.34. The highest BCUT2D eigenvalue weighted by molar-refractivity contribution is 6.31. The van der Waals surface area contributed by atoms with Crippen molar-refractivity contribution in [1.29, 1.82) is 0 Å². The van der Waals surface area contributed by atoms with Crippen molar-refractivity contribution in [2.24, 2.45) is 0 Å². The molecule has 0 saturated carbocycles. The van der Waals surface area contributed by atoms with Crippen LogP contribution in [0.15, 0.2) is 18.3 Å². The fourth-order valence-corrected chi connectivity index (χ4v) is 2.56. The van der Waals surface area contributed by atoms with Crippen molar-refractivity contribution in [2.45, 2.75) is 6.42 Å². The van der Waals surface area contributed by atoms with Crippen molar-refractivity contribution in [3.8, 4) is 0 Å². The minimum absolute atomic E-state index is 0.758. The summed E-state index contributed by atoms with van der Waals surface area (Å²) in [6, 6.07) is 3.95. The van der Waals surface area contributed by atoms with E-state index < -0.39 is 0 Å². The summed E-state index contributed by atoms with van der Waals surface area (Å²) in [5.41, 5.74) is 2.19. The molecule has 0 radical (unpaired) electrons. The topological polar surface area (TPSA) is 44.0 Å². The third kappa shape index (κ3) is 2.10. The molecule has 5 heteroatoms. The molecule has 17 heavy (non-hydrogen) atoms. The third-order valence-electron chi connectivity index (χ3n) is 3.18. The maximum atomic E-state index is 6.15. The number of halogens is 1. The number of aromatic nitrogens is 2. The van der Waals surface area contributed by atoms with Crippen LogP contribution in [-0.4, -0.2) is 36.4 Å². The first-order valence-electron chi connectivity index (χ1n) is 5.93. The van der Waals surface area contributed by atoms with E-state index >= 15 is 0 Å². The number of hydrogen-bond acceptors (Lipinski definition) is 3. The van der Waals surface area contributed by atoms with Gasteiger partial charge in [0.1, 0.15) is 0 Å². The molecule has 0 spiro atoms. The lowest BCUT2D eigenvalue weighted by atomic mass is 10.2. The van der Waals surface area contributed by atoms with Crippen LogP contribution < -0.4 is 10.2 Å². The van der Waals surface area contributed by atoms with Crippen molar-refractivity contribution < 1.29 is 0 Å². The number of nitrogens with zero attached hydrogens (tertiary/aromatic N) is 2. The predicted octanol–water partition coefficient (Wildman–Crippen LogP) is 2.02. The molecule has 0 unspecified atom stereocenters. The number of rotatable bonds is 1. The van der Waals surface area contributed by atoms with E-state index in [1.807, 2.05) is 18.3 Å². The third-order valence-corrected chi connectivity index (χ3v) is 3.40. The maximum Gasteiger partial charge on any atom is 0.0686 e. The summed E-state index contributed by atoms with van der Waals surface area (Å²) in [7, 11) is 0. The van der Waals surface area contributed by atoms with Gasteiger partial charge in [-0.3, -0.25) is 5.10 Å². The Bertz CT molecular complexity index is 514. The van der Waals surface area contributed by atoms with E-state index in [-0.39, 0.29) is 0 Å². The van der Waals surface area contributed by atoms with Crippen LogP contribution in [0.1, 0.15) is 6.42 Å². The fourth-order valence-electron chi connectivity index (χ4n) is 2.35. The summed E-state index contributed by atoms with van der Waals surface area (Å²) in [5, 5.41) is 12.4. The van der Waals surface area contributed by atoms with Gasteiger partial charge in [-0.2, -0.15) is 5.10 Å². The summed E-state index contributed by atoms with van der Waals surface area (Å²) >= 11 is 6.15. The molecule has 1 aromatic carbocycles. The zero-order chi connectivity index (χ0) is 11.7. The number of fused-ring (bicyclic) bond motifs is 1. The smallest absolute Gasteiger partial charge is 0.0686 e. The second-order valence-electron chi connectivity index (χ2n) is 4.35. The number of aromatic amines is 1. The number of benzene rings is 1. The molecule has 2 heterocycles. The molecule has 1 fully saturated rings. The number of hydrogen-bond donors (Lipinski definition) is 2. The van der Waals surface area contributed by atoms with E-state index in [4.69, 9.17) is 11.6 Å². The van der Waals surface area contributed by atoms with Crippen molar-refractivity contribution >= 4 is 28.2 Å². The molecule has 1 aliphatic rings. The molecule has 1 aromatic heterocycles. The van der Waals surface area contributed by atoms with Gasteiger partial charge in [0.2, 0.25) is 0 Å². The van der Waals surface area contributed by atoms with Crippen LogP contribution in [-0.2, 0) is 0 Å². The second kappa shape index (κ2) is 4.55. The van der Waals surface area contributed by atoms with Crippen LogP contribution in [0.25, 0.3) is 10.9 Å². The SMILES string of the molecule is Clc1cc(N2CCCNCC2)c2cn[nH]c2c1. The van der Waals surface area contributed by atoms with Crippen LogP contribution in [0.4, 0.5) is 5.69 Å². The standard InChI is InChI=1S/C12H15ClN4/c13-9-6-11-10(8-15-16-11)12(7-9)17-4-1-2-14-3-5-17/h6-8,14H,1-5H2,(H,15,16). The van der Waals surface area contributed by atoms with E-state index in [9.17, 15) is 0 Å². The highest BCUT2D eigenvalue weighted by Gasteiger charge is 2.14. The molecule has 0 bridgehead atoms. The van der Waals surface area contributed by atoms with Crippen LogP contribution in [0.2, 0.25) is 5.02 Å². The molecule has 4 nitrogen and oxygen atoms in total. The first kappa shape index (κ1) is 10.9. The molecule has 1 saturated heterocycles. The van der Waals surface area contributed by atoms with E-state index in [2.05, 4.69) is 20.4 Å². The minimum Gasteiger partial charge on any atom is -0.370 e. The van der Waals surface area contributed by atoms with Gasteiger partial charge in [0.15, 0.2) is 0 Å². The van der Waals surface area contributed by atoms with Gasteiger partial charge in [0.05, 0.1) is 11.7 Å². The highest BCUT2D eigenvalue weighted by Crippen LogP contribution is 2.29. The Hall–Kier alpha value is -1.26. The molecule has 1 aliphatic heterocycles. The largest absolute Gasteiger partial charge is 0.370 e. The number of nitrogens with one attached hydrogen (secondary N) is 2. The second-order valence-corrected chi connectivity index (χ2v) is 4.78. The molecule has 90 valence electrons. The van der Waals surface area contributed by atoms with E-state index in [1.165, 1.54) is 5.69 Å². The Kier molecular flexibility index (Phi) is 2.91. The zero-order valence-corrected chi connectivity index (χ0v) is 10.3. The van der Waals surface area contributed by atoms with Crippen molar-refractivity contribution in [1.82, 2.24) is 15.5 Å². The van der Waals surface area contributed by atoms with Gasteiger partial charge in [-0.15, -0.1) is 0 Å². The monoisotopic (exact) mass is 250 g/mol. The molecule has 0 amide bonds. The Morgan fingerprint density at radius 1 is 1.24 bits per heavy atom. The molecular weight excluding hydrogens is 236 g/mol. The summed E-state index contributed by atoms with van der Waals surface area (Å²) in [4.78, 5) is 2.38. The van der Waals surface area contributed by atoms with Crippen LogP contribution >= 0.6 is 11.6 Å². The lowest BCUT2D eigenvalue weighted by Crippen LogP contribution is -2.27. The van der Waals surface area contributed by atoms with E-state index in [0.717, 1.165) is 48.5 Å². The maximum absolute atomic E-state index is 6.15. The molecule has 2 N–H and O–H groups in total. The minimum atomic E-state index is 0.758. The molecular formula is C12H15ClN4. The van der Waals surface area contributed by atoms with Gasteiger partial charge in [0, 0.05) is 35.7 Å². The van der Waals surface area contributed by atoms with Crippen molar-refractivity contribution in [3.63, 3.8) is 0 Å². The summed E-state index contributed by atoms with van der Waals surface area (Å²) in [6.45, 7) is 4.19. The molecule has 2 aromatic rings. The lowest BCUT2D eigenvalue weighted by Gasteiger charge is -2.23. The molecule has 3 rings (SSSR count). The van der Waals surface area contributed by atoms with Gasteiger partial charge in [0.25, 0.3) is 0 Å². The Morgan fingerprint density at radius 3 is 3.12 bits per heavy atom. The predicted molar refractivity (Wildman–Crippen MR) is 70.8 cm³/mol. The van der Waals surface area contributed by atoms with Crippen LogP contribution in [0, 0.1) is 0 Å². The first-order valence-corrected chi connectivity index (χ1v) is 6.31. The van der Waals surface area contributed by atoms with E-state index in [0.29, 0.717) is 0 Å². The normalized spacial score (nSPS) is 17.4. The van der Waals surface area contributed by atoms with Crippen LogP contribution in [0.3, 0.4) is 0 Å². The number of H-pyrrole nitrogens is 1. The van der Waals surface area contributed by atoms with Gasteiger partial charge >= 0.3 is 0 Å². The zero-order valence-electron chi connectivity index (χ0n) is 9.54. The summed E-state index contributed by atoms with van der Waals surface area (Å²) in [6.07, 6.45) is 3.03. The highest BCUT2D eigenvalue weighted by atomic mass is 35.5. The number of anilines is 1. The summed E-state index contributed by atoms with van der Waals surface area (Å²) < 4.78 is 0. The average Bonchev–Trinajstić information content (AvgIpc) is 2.62. The fraction of sp³-hybridized carbons (Fsp3) is 0.417. The van der Waals surface area contributed by atoms with Crippen LogP contribution in [0.5, 0.6) is 0 Å². The molecule has 0 atom stereocenters. The van der Waals surface area contributed by atoms with E-state index in [1.54, 1.807) is 0 Å². The Morgan fingerprint density at radius 2 is 2.18 bits per heavy atom. The van der Waals surface area contributed by atoms with Crippen molar-refractivity contribution in [2.75, 3.05) is 31.1 Å². The summed E-state index contributed by atoms with van der Waals surface area (Å²) in [5.74, 6) is 0. The van der Waals surface area contributed by atoms with Crippen molar-refractivity contribution in [3.05, 3.63) is 23.4 Å². The average molecular weight is 251 g/mol.